The Morgan fingerprint density at radius 3 is 2.23 bits per heavy atom. The first-order valence-corrected chi connectivity index (χ1v) is 11.5. The minimum absolute atomic E-state index is 0.129. The second-order valence-electron chi connectivity index (χ2n) is 10.4. The third-order valence-electron chi connectivity index (χ3n) is 8.21. The van der Waals surface area contributed by atoms with Gasteiger partial charge in [0.1, 0.15) is 6.04 Å². The average molecular weight is 421 g/mol. The predicted molar refractivity (Wildman–Crippen MR) is 111 cm³/mol. The predicted octanol–water partition coefficient (Wildman–Crippen LogP) is 2.15. The molecule has 2 heterocycles. The van der Waals surface area contributed by atoms with Gasteiger partial charge < -0.3 is 5.32 Å². The van der Waals surface area contributed by atoms with Crippen molar-refractivity contribution in [1.29, 1.82) is 0 Å². The number of fused-ring (bicyclic) bond motifs is 1. The van der Waals surface area contributed by atoms with Crippen molar-refractivity contribution in [1.82, 2.24) is 15.5 Å². The van der Waals surface area contributed by atoms with E-state index in [0.717, 1.165) is 28.2 Å². The minimum Gasteiger partial charge on any atom is -0.307 e. The molecule has 5 fully saturated rings. The molecule has 0 spiro atoms. The van der Waals surface area contributed by atoms with Crippen molar-refractivity contribution in [2.24, 2.45) is 17.8 Å². The van der Waals surface area contributed by atoms with E-state index in [1.165, 1.54) is 38.5 Å². The fourth-order valence-electron chi connectivity index (χ4n) is 7.24. The normalized spacial score (nSPS) is 36.2. The van der Waals surface area contributed by atoms with Gasteiger partial charge >= 0.3 is 0 Å². The second kappa shape index (κ2) is 6.73. The summed E-state index contributed by atoms with van der Waals surface area (Å²) in [6.45, 7) is 0.680. The van der Waals surface area contributed by atoms with Crippen LogP contribution in [-0.2, 0) is 16.1 Å². The van der Waals surface area contributed by atoms with Crippen molar-refractivity contribution in [3.05, 3.63) is 34.9 Å². The summed E-state index contributed by atoms with van der Waals surface area (Å²) in [7, 11) is 0. The molecule has 1 unspecified atom stereocenters. The summed E-state index contributed by atoms with van der Waals surface area (Å²) in [5, 5.41) is 6.07. The highest BCUT2D eigenvalue weighted by Gasteiger charge is 2.50. The van der Waals surface area contributed by atoms with Crippen LogP contribution in [0, 0.1) is 17.8 Å². The Morgan fingerprint density at radius 2 is 1.58 bits per heavy atom. The lowest BCUT2D eigenvalue weighted by molar-refractivity contribution is -0.136. The standard InChI is InChI=1S/C24H27N3O4/c28-20-4-3-19(21(29)26-20)27-22(30)17-2-1-13(8-18(17)23(27)31)12-25-24-9-14-5-15(10-24)7-16(6-14)11-24/h1-2,8,14-16,19,25H,3-7,9-12H2,(H,26,28,29). The van der Waals surface area contributed by atoms with E-state index in [9.17, 15) is 19.2 Å². The van der Waals surface area contributed by atoms with Crippen molar-refractivity contribution in [3.8, 4) is 0 Å². The number of carbonyl (C=O) groups is 4. The van der Waals surface area contributed by atoms with E-state index in [2.05, 4.69) is 10.6 Å². The van der Waals surface area contributed by atoms with Crippen molar-refractivity contribution >= 4 is 23.6 Å². The van der Waals surface area contributed by atoms with E-state index < -0.39 is 23.8 Å². The number of piperidine rings is 1. The molecule has 2 aliphatic heterocycles. The summed E-state index contributed by atoms with van der Waals surface area (Å²) in [6.07, 6.45) is 8.26. The number of nitrogens with zero attached hydrogens (tertiary/aromatic N) is 1. The fourth-order valence-corrected chi connectivity index (χ4v) is 7.24. The van der Waals surface area contributed by atoms with Crippen LogP contribution >= 0.6 is 0 Å². The molecule has 4 amide bonds. The van der Waals surface area contributed by atoms with E-state index in [1.54, 1.807) is 12.1 Å². The number of nitrogens with one attached hydrogen (secondary N) is 2. The van der Waals surface area contributed by atoms with Crippen molar-refractivity contribution in [2.45, 2.75) is 69.5 Å². The van der Waals surface area contributed by atoms with E-state index >= 15 is 0 Å². The molecular weight excluding hydrogens is 394 g/mol. The van der Waals surface area contributed by atoms with E-state index in [-0.39, 0.29) is 24.3 Å². The van der Waals surface area contributed by atoms with Gasteiger partial charge in [-0.05, 0) is 80.4 Å². The third kappa shape index (κ3) is 3.04. The molecule has 4 aliphatic carbocycles. The van der Waals surface area contributed by atoms with Gasteiger partial charge in [-0.2, -0.15) is 0 Å². The molecule has 162 valence electrons. The molecular formula is C24H27N3O4. The van der Waals surface area contributed by atoms with Gasteiger partial charge in [0.2, 0.25) is 11.8 Å². The van der Waals surface area contributed by atoms with Gasteiger partial charge in [0.25, 0.3) is 11.8 Å². The summed E-state index contributed by atoms with van der Waals surface area (Å²) >= 11 is 0. The van der Waals surface area contributed by atoms with Crippen LogP contribution in [0.4, 0.5) is 0 Å². The molecule has 1 aromatic rings. The topological polar surface area (TPSA) is 95.6 Å². The number of carbonyl (C=O) groups excluding carboxylic acids is 4. The lowest BCUT2D eigenvalue weighted by Crippen LogP contribution is -2.58. The Hall–Kier alpha value is -2.54. The Kier molecular flexibility index (Phi) is 4.16. The van der Waals surface area contributed by atoms with Crippen LogP contribution < -0.4 is 10.6 Å². The molecule has 0 radical (unpaired) electrons. The highest BCUT2D eigenvalue weighted by molar-refractivity contribution is 6.23. The summed E-state index contributed by atoms with van der Waals surface area (Å²) in [5.74, 6) is 0.756. The van der Waals surface area contributed by atoms with Crippen molar-refractivity contribution < 1.29 is 19.2 Å². The van der Waals surface area contributed by atoms with Gasteiger partial charge in [0.15, 0.2) is 0 Å². The van der Waals surface area contributed by atoms with Crippen LogP contribution in [0.15, 0.2) is 18.2 Å². The first-order chi connectivity index (χ1) is 14.9. The molecule has 7 heteroatoms. The zero-order valence-electron chi connectivity index (χ0n) is 17.5. The van der Waals surface area contributed by atoms with Crippen molar-refractivity contribution in [2.75, 3.05) is 0 Å². The average Bonchev–Trinajstić information content (AvgIpc) is 2.96. The third-order valence-corrected chi connectivity index (χ3v) is 8.21. The fraction of sp³-hybridized carbons (Fsp3) is 0.583. The number of amides is 4. The molecule has 1 atom stereocenters. The Morgan fingerprint density at radius 1 is 0.935 bits per heavy atom. The first kappa shape index (κ1) is 19.2. The van der Waals surface area contributed by atoms with Gasteiger partial charge in [-0.1, -0.05) is 6.07 Å². The number of hydrogen-bond acceptors (Lipinski definition) is 5. The number of benzene rings is 1. The summed E-state index contributed by atoms with van der Waals surface area (Å²) in [6, 6.07) is 4.50. The number of hydrogen-bond donors (Lipinski definition) is 2. The van der Waals surface area contributed by atoms with Crippen LogP contribution in [0.1, 0.15) is 77.6 Å². The van der Waals surface area contributed by atoms with Crippen LogP contribution in [0.5, 0.6) is 0 Å². The maximum absolute atomic E-state index is 13.0. The highest BCUT2D eigenvalue weighted by atomic mass is 16.2. The lowest BCUT2D eigenvalue weighted by Gasteiger charge is -2.57. The molecule has 2 N–H and O–H groups in total. The van der Waals surface area contributed by atoms with Gasteiger partial charge in [0.05, 0.1) is 11.1 Å². The molecule has 1 saturated heterocycles. The molecule has 31 heavy (non-hydrogen) atoms. The van der Waals surface area contributed by atoms with Crippen LogP contribution in [-0.4, -0.2) is 40.1 Å². The Bertz CT molecular complexity index is 981. The Balaban J connectivity index is 1.20. The highest BCUT2D eigenvalue weighted by Crippen LogP contribution is 2.55. The monoisotopic (exact) mass is 421 g/mol. The molecule has 0 aromatic heterocycles. The molecule has 4 bridgehead atoms. The van der Waals surface area contributed by atoms with Gasteiger partial charge in [0, 0.05) is 18.5 Å². The number of imide groups is 2. The second-order valence-corrected chi connectivity index (χ2v) is 10.4. The maximum Gasteiger partial charge on any atom is 0.262 e. The molecule has 7 rings (SSSR count). The summed E-state index contributed by atoms with van der Waals surface area (Å²) in [5.41, 5.74) is 1.92. The smallest absolute Gasteiger partial charge is 0.262 e. The molecule has 4 saturated carbocycles. The van der Waals surface area contributed by atoms with Gasteiger partial charge in [-0.15, -0.1) is 0 Å². The zero-order valence-corrected chi connectivity index (χ0v) is 17.5. The summed E-state index contributed by atoms with van der Waals surface area (Å²) in [4.78, 5) is 50.6. The largest absolute Gasteiger partial charge is 0.307 e. The van der Waals surface area contributed by atoms with Crippen LogP contribution in [0.2, 0.25) is 0 Å². The number of rotatable bonds is 4. The van der Waals surface area contributed by atoms with Crippen LogP contribution in [0.3, 0.4) is 0 Å². The van der Waals surface area contributed by atoms with Crippen molar-refractivity contribution in [3.63, 3.8) is 0 Å². The quantitative estimate of drug-likeness (QED) is 0.727. The Labute approximate surface area is 180 Å². The van der Waals surface area contributed by atoms with E-state index in [1.807, 2.05) is 6.07 Å². The molecule has 7 nitrogen and oxygen atoms in total. The van der Waals surface area contributed by atoms with E-state index in [4.69, 9.17) is 0 Å². The lowest BCUT2D eigenvalue weighted by atomic mass is 9.53. The summed E-state index contributed by atoms with van der Waals surface area (Å²) < 4.78 is 0. The first-order valence-electron chi connectivity index (χ1n) is 11.5. The van der Waals surface area contributed by atoms with Gasteiger partial charge in [-0.3, -0.25) is 29.4 Å². The molecule has 1 aromatic carbocycles. The van der Waals surface area contributed by atoms with Crippen LogP contribution in [0.25, 0.3) is 0 Å². The van der Waals surface area contributed by atoms with Gasteiger partial charge in [-0.25, -0.2) is 0 Å². The van der Waals surface area contributed by atoms with E-state index in [0.29, 0.717) is 17.7 Å². The maximum atomic E-state index is 13.0. The zero-order chi connectivity index (χ0) is 21.3. The minimum atomic E-state index is -0.918. The molecule has 6 aliphatic rings. The SMILES string of the molecule is O=C1CCC(N2C(=O)c3ccc(CNC45CC6CC(CC(C6)C4)C5)cc3C2=O)C(=O)N1.